The van der Waals surface area contributed by atoms with Gasteiger partial charge < -0.3 is 23.7 Å². The van der Waals surface area contributed by atoms with Crippen molar-refractivity contribution in [2.24, 2.45) is 0 Å². The highest BCUT2D eigenvalue weighted by Gasteiger charge is 2.62. The number of hydrogen-bond acceptors (Lipinski definition) is 13. The van der Waals surface area contributed by atoms with E-state index < -0.39 is 33.5 Å². The first kappa shape index (κ1) is 34.2. The Morgan fingerprint density at radius 1 is 0.723 bits per heavy atom. The molecule has 3 heterocycles. The van der Waals surface area contributed by atoms with Crippen LogP contribution >= 0.6 is 35.3 Å². The van der Waals surface area contributed by atoms with Crippen LogP contribution in [0, 0.1) is 6.92 Å². The second kappa shape index (κ2) is 12.8. The Balaban J connectivity index is 1.91. The number of fused-ring (bicyclic) bond motifs is 3. The fraction of sp³-hybridized carbons (Fsp3) is 0.303. The second-order valence-corrected chi connectivity index (χ2v) is 14.6. The third-order valence-corrected chi connectivity index (χ3v) is 12.5. The molecule has 0 saturated heterocycles. The zero-order valence-electron chi connectivity index (χ0n) is 26.8. The van der Waals surface area contributed by atoms with Crippen molar-refractivity contribution in [3.63, 3.8) is 0 Å². The second-order valence-electron chi connectivity index (χ2n) is 10.9. The molecule has 3 aliphatic heterocycles. The van der Waals surface area contributed by atoms with E-state index in [2.05, 4.69) is 0 Å². The maximum absolute atomic E-state index is 14.5. The van der Waals surface area contributed by atoms with Crippen molar-refractivity contribution in [3.8, 4) is 5.75 Å². The molecule has 0 fully saturated rings. The Morgan fingerprint density at radius 2 is 1.30 bits per heavy atom. The third kappa shape index (κ3) is 5.41. The molecule has 3 aliphatic rings. The first-order chi connectivity index (χ1) is 22.3. The molecule has 47 heavy (non-hydrogen) atoms. The van der Waals surface area contributed by atoms with E-state index in [-0.39, 0.29) is 26.2 Å². The number of esters is 4. The van der Waals surface area contributed by atoms with Gasteiger partial charge in [-0.05, 0) is 51.1 Å². The number of thioether (sulfide) groups is 3. The number of carbonyl (C=O) groups is 5. The molecule has 2 aromatic rings. The molecule has 0 unspecified atom stereocenters. The summed E-state index contributed by atoms with van der Waals surface area (Å²) in [6, 6.07) is 12.4. The number of hydrogen-bond donors (Lipinski definition) is 0. The zero-order valence-corrected chi connectivity index (χ0v) is 29.2. The minimum absolute atomic E-state index is 0.129. The topological polar surface area (TPSA) is 135 Å². The van der Waals surface area contributed by atoms with Crippen molar-refractivity contribution < 1.29 is 47.7 Å². The van der Waals surface area contributed by atoms with Crippen LogP contribution < -0.4 is 9.64 Å². The van der Waals surface area contributed by atoms with Gasteiger partial charge in [-0.15, -0.1) is 0 Å². The summed E-state index contributed by atoms with van der Waals surface area (Å²) in [5.41, 5.74) is 1.39. The van der Waals surface area contributed by atoms with Crippen molar-refractivity contribution in [1.29, 1.82) is 0 Å². The van der Waals surface area contributed by atoms with Crippen LogP contribution in [0.15, 0.2) is 67.7 Å². The zero-order chi connectivity index (χ0) is 34.4. The standard InChI is InChI=1S/C33H31NO10S3/c1-16-10-9-11-17(14-16)27(35)34-20-13-12-18(40-4)15-19(20)21-26(32(34,2)3)45-23(29(37)42-6)22(28(36)41-5)33(21)46-24(30(38)43-7)25(47-33)31(39)44-8/h9-15H,1-8H3. The monoisotopic (exact) mass is 697 g/mol. The van der Waals surface area contributed by atoms with E-state index >= 15 is 0 Å². The summed E-state index contributed by atoms with van der Waals surface area (Å²) in [6.07, 6.45) is 0. The van der Waals surface area contributed by atoms with Crippen LogP contribution in [0.3, 0.4) is 0 Å². The highest BCUT2D eigenvalue weighted by atomic mass is 32.2. The highest BCUT2D eigenvalue weighted by Crippen LogP contribution is 2.71. The van der Waals surface area contributed by atoms with Gasteiger partial charge in [-0.3, -0.25) is 9.69 Å². The number of anilines is 1. The summed E-state index contributed by atoms with van der Waals surface area (Å²) < 4.78 is 24.4. The van der Waals surface area contributed by atoms with Gasteiger partial charge in [-0.25, -0.2) is 19.2 Å². The number of amides is 1. The molecule has 5 rings (SSSR count). The summed E-state index contributed by atoms with van der Waals surface area (Å²) >= 11 is 2.68. The molecule has 11 nitrogen and oxygen atoms in total. The normalized spacial score (nSPS) is 17.6. The van der Waals surface area contributed by atoms with Crippen LogP contribution in [0.25, 0.3) is 5.57 Å². The van der Waals surface area contributed by atoms with Gasteiger partial charge in [0.2, 0.25) is 0 Å². The SMILES string of the molecule is COC(=O)C1=C(C(=O)OC)SC2(S1)C(C(=O)OC)=C(C(=O)OC)SC1=C2c2cc(OC)ccc2N(C(=O)c2cccc(C)c2)C1(C)C. The lowest BCUT2D eigenvalue weighted by Crippen LogP contribution is -2.53. The van der Waals surface area contributed by atoms with Crippen LogP contribution in [-0.2, 0) is 38.1 Å². The van der Waals surface area contributed by atoms with Gasteiger partial charge in [0.15, 0.2) is 0 Å². The molecule has 14 heteroatoms. The van der Waals surface area contributed by atoms with E-state index in [1.165, 1.54) is 14.2 Å². The molecule has 0 radical (unpaired) electrons. The minimum Gasteiger partial charge on any atom is -0.497 e. The lowest BCUT2D eigenvalue weighted by molar-refractivity contribution is -0.138. The fourth-order valence-corrected chi connectivity index (χ4v) is 10.7. The van der Waals surface area contributed by atoms with Crippen LogP contribution in [0.5, 0.6) is 5.75 Å². The first-order valence-electron chi connectivity index (χ1n) is 14.0. The molecule has 1 amide bonds. The molecule has 246 valence electrons. The third-order valence-electron chi connectivity index (χ3n) is 7.81. The lowest BCUT2D eigenvalue weighted by Gasteiger charge is -2.50. The van der Waals surface area contributed by atoms with E-state index in [0.717, 1.165) is 62.2 Å². The maximum atomic E-state index is 14.5. The summed E-state index contributed by atoms with van der Waals surface area (Å²) in [5, 5.41) is 0. The average molecular weight is 698 g/mol. The maximum Gasteiger partial charge on any atom is 0.345 e. The van der Waals surface area contributed by atoms with E-state index in [1.807, 2.05) is 26.8 Å². The highest BCUT2D eigenvalue weighted by molar-refractivity contribution is 8.26. The molecule has 0 atom stereocenters. The van der Waals surface area contributed by atoms with Gasteiger partial charge >= 0.3 is 23.9 Å². The Morgan fingerprint density at radius 3 is 1.83 bits per heavy atom. The quantitative estimate of drug-likeness (QED) is 0.288. The number of rotatable bonds is 6. The molecule has 1 spiro atoms. The Hall–Kier alpha value is -4.14. The number of carbonyl (C=O) groups excluding carboxylic acids is 5. The average Bonchev–Trinajstić information content (AvgIpc) is 3.46. The van der Waals surface area contributed by atoms with E-state index in [0.29, 0.717) is 33.0 Å². The molecule has 0 N–H and O–H groups in total. The molecular weight excluding hydrogens is 667 g/mol. The largest absolute Gasteiger partial charge is 0.497 e. The number of benzene rings is 2. The van der Waals surface area contributed by atoms with E-state index in [9.17, 15) is 24.0 Å². The van der Waals surface area contributed by atoms with Crippen LogP contribution in [0.2, 0.25) is 0 Å². The number of nitrogens with zero attached hydrogens (tertiary/aromatic N) is 1. The number of ether oxygens (including phenoxy) is 5. The smallest absolute Gasteiger partial charge is 0.345 e. The van der Waals surface area contributed by atoms with Gasteiger partial charge in [0, 0.05) is 21.6 Å². The summed E-state index contributed by atoms with van der Waals surface area (Å²) in [5.74, 6) is -3.31. The number of aryl methyl sites for hydroxylation is 1. The predicted octanol–water partition coefficient (Wildman–Crippen LogP) is 5.23. The summed E-state index contributed by atoms with van der Waals surface area (Å²) in [6.45, 7) is 5.53. The van der Waals surface area contributed by atoms with Crippen molar-refractivity contribution in [1.82, 2.24) is 0 Å². The number of methoxy groups -OCH3 is 5. The van der Waals surface area contributed by atoms with Gasteiger partial charge in [-0.1, -0.05) is 53.0 Å². The van der Waals surface area contributed by atoms with Crippen LogP contribution in [-0.4, -0.2) is 75.0 Å². The molecule has 2 aromatic carbocycles. The minimum atomic E-state index is -1.69. The first-order valence-corrected chi connectivity index (χ1v) is 16.5. The predicted molar refractivity (Wildman–Crippen MR) is 180 cm³/mol. The fourth-order valence-electron chi connectivity index (χ4n) is 5.69. The molecule has 0 bridgehead atoms. The Kier molecular flexibility index (Phi) is 9.32. The van der Waals surface area contributed by atoms with Crippen LogP contribution in [0.1, 0.15) is 35.3 Å². The van der Waals surface area contributed by atoms with Gasteiger partial charge in [0.05, 0.1) is 52.3 Å². The van der Waals surface area contributed by atoms with Crippen molar-refractivity contribution in [2.45, 2.75) is 30.4 Å². The molecular formula is C33H31NO10S3. The Labute approximate surface area is 284 Å². The van der Waals surface area contributed by atoms with Gasteiger partial charge in [-0.2, -0.15) is 0 Å². The van der Waals surface area contributed by atoms with Gasteiger partial charge in [0.25, 0.3) is 5.91 Å². The Bertz CT molecular complexity index is 1810. The van der Waals surface area contributed by atoms with Crippen LogP contribution in [0.4, 0.5) is 5.69 Å². The lowest BCUT2D eigenvalue weighted by atomic mass is 9.83. The molecule has 0 aliphatic carbocycles. The van der Waals surface area contributed by atoms with Crippen molar-refractivity contribution in [2.75, 3.05) is 40.4 Å². The van der Waals surface area contributed by atoms with E-state index in [4.69, 9.17) is 23.7 Å². The van der Waals surface area contributed by atoms with E-state index in [1.54, 1.807) is 41.3 Å². The van der Waals surface area contributed by atoms with Crippen molar-refractivity contribution in [3.05, 3.63) is 84.3 Å². The van der Waals surface area contributed by atoms with Gasteiger partial charge in [0.1, 0.15) is 24.5 Å². The molecule has 0 saturated carbocycles. The summed E-state index contributed by atoms with van der Waals surface area (Å²) in [7, 11) is 6.16. The van der Waals surface area contributed by atoms with Crippen molar-refractivity contribution >= 4 is 76.3 Å². The molecule has 0 aromatic heterocycles. The summed E-state index contributed by atoms with van der Waals surface area (Å²) in [4.78, 5) is 70.0.